The van der Waals surface area contributed by atoms with Crippen molar-refractivity contribution in [3.63, 3.8) is 0 Å². The van der Waals surface area contributed by atoms with Crippen molar-refractivity contribution in [1.82, 2.24) is 15.1 Å². The van der Waals surface area contributed by atoms with Crippen molar-refractivity contribution in [3.8, 4) is 17.3 Å². The van der Waals surface area contributed by atoms with E-state index < -0.39 is 12.6 Å². The molecule has 2 aromatic rings. The van der Waals surface area contributed by atoms with Gasteiger partial charge in [0.2, 0.25) is 0 Å². The first-order valence-corrected chi connectivity index (χ1v) is 4.99. The monoisotopic (exact) mass is 259 g/mol. The second-order valence-corrected chi connectivity index (χ2v) is 3.50. The molecular formula is C10H8F3N3O2. The first-order valence-electron chi connectivity index (χ1n) is 4.99. The summed E-state index contributed by atoms with van der Waals surface area (Å²) in [4.78, 5) is 7.55. The average Bonchev–Trinajstić information content (AvgIpc) is 2.75. The van der Waals surface area contributed by atoms with Crippen LogP contribution >= 0.6 is 0 Å². The largest absolute Gasteiger partial charge is 0.505 e. The number of rotatable bonds is 3. The molecule has 0 aliphatic carbocycles. The van der Waals surface area contributed by atoms with E-state index in [1.54, 1.807) is 0 Å². The van der Waals surface area contributed by atoms with Crippen LogP contribution in [0.4, 0.5) is 13.2 Å². The predicted molar refractivity (Wildman–Crippen MR) is 53.6 cm³/mol. The number of aryl methyl sites for hydroxylation is 1. The third kappa shape index (κ3) is 2.96. The molecule has 0 saturated carbocycles. The number of nitrogens with zero attached hydrogens (tertiary/aromatic N) is 3. The van der Waals surface area contributed by atoms with E-state index in [4.69, 9.17) is 4.52 Å². The topological polar surface area (TPSA) is 72.0 Å². The highest BCUT2D eigenvalue weighted by molar-refractivity contribution is 5.55. The molecule has 0 amide bonds. The fourth-order valence-corrected chi connectivity index (χ4v) is 1.27. The fraction of sp³-hybridized carbons (Fsp3) is 0.300. The molecule has 0 aliphatic rings. The van der Waals surface area contributed by atoms with Gasteiger partial charge in [-0.25, -0.2) is 4.98 Å². The zero-order valence-electron chi connectivity index (χ0n) is 8.98. The van der Waals surface area contributed by atoms with Crippen LogP contribution in [-0.2, 0) is 6.42 Å². The summed E-state index contributed by atoms with van der Waals surface area (Å²) >= 11 is 0. The highest BCUT2D eigenvalue weighted by Crippen LogP contribution is 2.25. The zero-order valence-corrected chi connectivity index (χ0v) is 8.98. The lowest BCUT2D eigenvalue weighted by Crippen LogP contribution is -2.09. The number of alkyl halides is 3. The van der Waals surface area contributed by atoms with Crippen molar-refractivity contribution in [1.29, 1.82) is 0 Å². The Labute approximate surface area is 99.3 Å². The molecule has 0 spiro atoms. The third-order valence-corrected chi connectivity index (χ3v) is 2.09. The van der Waals surface area contributed by atoms with Crippen LogP contribution in [0.25, 0.3) is 11.6 Å². The van der Waals surface area contributed by atoms with Crippen LogP contribution < -0.4 is 0 Å². The Morgan fingerprint density at radius 2 is 2.11 bits per heavy atom. The lowest BCUT2D eigenvalue weighted by atomic mass is 10.3. The van der Waals surface area contributed by atoms with Crippen molar-refractivity contribution in [2.24, 2.45) is 0 Å². The molecule has 2 heterocycles. The Morgan fingerprint density at radius 3 is 2.78 bits per heavy atom. The van der Waals surface area contributed by atoms with E-state index in [0.717, 1.165) is 0 Å². The van der Waals surface area contributed by atoms with Gasteiger partial charge in [0.1, 0.15) is 5.75 Å². The standard InChI is InChI=1S/C10H8F3N3O2/c11-10(12,13)4-3-7-15-9(18-16-7)8-6(17)2-1-5-14-8/h1-2,5,17H,3-4H2. The summed E-state index contributed by atoms with van der Waals surface area (Å²) in [7, 11) is 0. The second kappa shape index (κ2) is 4.63. The maximum Gasteiger partial charge on any atom is 0.389 e. The lowest BCUT2D eigenvalue weighted by Gasteiger charge is -2.01. The minimum atomic E-state index is -4.27. The number of hydrogen-bond acceptors (Lipinski definition) is 5. The summed E-state index contributed by atoms with van der Waals surface area (Å²) in [5, 5.41) is 12.9. The van der Waals surface area contributed by atoms with E-state index >= 15 is 0 Å². The summed E-state index contributed by atoms with van der Waals surface area (Å²) in [5.41, 5.74) is 0.0447. The molecule has 5 nitrogen and oxygen atoms in total. The SMILES string of the molecule is Oc1cccnc1-c1nc(CCC(F)(F)F)no1. The van der Waals surface area contributed by atoms with Crippen LogP contribution in [-0.4, -0.2) is 26.4 Å². The van der Waals surface area contributed by atoms with Crippen LogP contribution in [0.2, 0.25) is 0 Å². The molecule has 0 aliphatic heterocycles. The van der Waals surface area contributed by atoms with Gasteiger partial charge in [0.15, 0.2) is 11.5 Å². The van der Waals surface area contributed by atoms with Gasteiger partial charge < -0.3 is 9.63 Å². The van der Waals surface area contributed by atoms with Crippen LogP contribution in [0.3, 0.4) is 0 Å². The Bertz CT molecular complexity index is 539. The molecule has 0 aromatic carbocycles. The van der Waals surface area contributed by atoms with Crippen molar-refractivity contribution >= 4 is 0 Å². The highest BCUT2D eigenvalue weighted by Gasteiger charge is 2.27. The molecule has 96 valence electrons. The van der Waals surface area contributed by atoms with Gasteiger partial charge in [-0.05, 0) is 12.1 Å². The Hall–Kier alpha value is -2.12. The van der Waals surface area contributed by atoms with Crippen LogP contribution in [0, 0.1) is 0 Å². The molecule has 18 heavy (non-hydrogen) atoms. The molecule has 0 saturated heterocycles. The van der Waals surface area contributed by atoms with Crippen LogP contribution in [0.15, 0.2) is 22.9 Å². The van der Waals surface area contributed by atoms with E-state index in [0.29, 0.717) is 0 Å². The van der Waals surface area contributed by atoms with Crippen LogP contribution in [0.1, 0.15) is 12.2 Å². The predicted octanol–water partition coefficient (Wildman–Crippen LogP) is 2.33. The normalized spacial score (nSPS) is 11.7. The Kier molecular flexibility index (Phi) is 3.17. The molecule has 0 bridgehead atoms. The van der Waals surface area contributed by atoms with Crippen molar-refractivity contribution < 1.29 is 22.8 Å². The number of hydrogen-bond donors (Lipinski definition) is 1. The van der Waals surface area contributed by atoms with Crippen molar-refractivity contribution in [2.75, 3.05) is 0 Å². The van der Waals surface area contributed by atoms with Gasteiger partial charge in [-0.15, -0.1) is 0 Å². The lowest BCUT2D eigenvalue weighted by molar-refractivity contribution is -0.134. The molecule has 0 atom stereocenters. The number of aromatic nitrogens is 3. The maximum atomic E-state index is 12.0. The average molecular weight is 259 g/mol. The quantitative estimate of drug-likeness (QED) is 0.915. The summed E-state index contributed by atoms with van der Waals surface area (Å²) < 4.78 is 40.7. The van der Waals surface area contributed by atoms with E-state index in [1.165, 1.54) is 18.3 Å². The van der Waals surface area contributed by atoms with E-state index in [1.807, 2.05) is 0 Å². The minimum absolute atomic E-state index is 0.0447. The molecule has 2 aromatic heterocycles. The highest BCUT2D eigenvalue weighted by atomic mass is 19.4. The van der Waals surface area contributed by atoms with Gasteiger partial charge in [-0.2, -0.15) is 18.2 Å². The van der Waals surface area contributed by atoms with E-state index in [-0.39, 0.29) is 29.6 Å². The van der Waals surface area contributed by atoms with Gasteiger partial charge in [0.05, 0.1) is 6.42 Å². The first kappa shape index (κ1) is 12.3. The number of aromatic hydroxyl groups is 1. The zero-order chi connectivity index (χ0) is 13.2. The summed E-state index contributed by atoms with van der Waals surface area (Å²) in [6.07, 6.45) is -4.27. The summed E-state index contributed by atoms with van der Waals surface area (Å²) in [6, 6.07) is 2.86. The Balaban J connectivity index is 2.14. The van der Waals surface area contributed by atoms with E-state index in [9.17, 15) is 18.3 Å². The van der Waals surface area contributed by atoms with Gasteiger partial charge in [0.25, 0.3) is 5.89 Å². The van der Waals surface area contributed by atoms with E-state index in [2.05, 4.69) is 15.1 Å². The number of pyridine rings is 1. The maximum absolute atomic E-state index is 12.0. The molecule has 1 N–H and O–H groups in total. The van der Waals surface area contributed by atoms with Gasteiger partial charge in [0, 0.05) is 12.6 Å². The number of halogens is 3. The summed E-state index contributed by atoms with van der Waals surface area (Å²) in [6.45, 7) is 0. The van der Waals surface area contributed by atoms with Gasteiger partial charge in [-0.1, -0.05) is 5.16 Å². The Morgan fingerprint density at radius 1 is 1.33 bits per heavy atom. The fourth-order valence-electron chi connectivity index (χ4n) is 1.27. The summed E-state index contributed by atoms with van der Waals surface area (Å²) in [5.74, 6) is -0.360. The molecule has 2 rings (SSSR count). The second-order valence-electron chi connectivity index (χ2n) is 3.50. The van der Waals surface area contributed by atoms with Crippen molar-refractivity contribution in [2.45, 2.75) is 19.0 Å². The first-order chi connectivity index (χ1) is 8.46. The van der Waals surface area contributed by atoms with Crippen molar-refractivity contribution in [3.05, 3.63) is 24.2 Å². The minimum Gasteiger partial charge on any atom is -0.505 e. The van der Waals surface area contributed by atoms with Crippen LogP contribution in [0.5, 0.6) is 5.75 Å². The molecular weight excluding hydrogens is 251 g/mol. The molecule has 0 fully saturated rings. The van der Waals surface area contributed by atoms with Gasteiger partial charge >= 0.3 is 6.18 Å². The smallest absolute Gasteiger partial charge is 0.389 e. The molecule has 0 radical (unpaired) electrons. The molecule has 8 heteroatoms. The van der Waals surface area contributed by atoms with Gasteiger partial charge in [-0.3, -0.25) is 0 Å². The molecule has 0 unspecified atom stereocenters. The third-order valence-electron chi connectivity index (χ3n) is 2.09.